The summed E-state index contributed by atoms with van der Waals surface area (Å²) in [7, 11) is 0. The van der Waals surface area contributed by atoms with Crippen LogP contribution in [0.25, 0.3) is 10.9 Å². The smallest absolute Gasteiger partial charge is 0.205 e. The number of ether oxygens (including phenoxy) is 1. The minimum Gasteiger partial charge on any atom is -0.368 e. The fourth-order valence-electron chi connectivity index (χ4n) is 4.14. The van der Waals surface area contributed by atoms with Crippen LogP contribution < -0.4 is 4.90 Å². The van der Waals surface area contributed by atoms with Gasteiger partial charge in [-0.15, -0.1) is 0 Å². The van der Waals surface area contributed by atoms with E-state index in [4.69, 9.17) is 4.74 Å². The Balaban J connectivity index is 1.48. The molecule has 24 heavy (non-hydrogen) atoms. The molecule has 5 rings (SSSR count). The molecule has 1 spiro atoms. The van der Waals surface area contributed by atoms with Gasteiger partial charge in [0.2, 0.25) is 5.13 Å². The Morgan fingerprint density at radius 3 is 2.88 bits per heavy atom. The van der Waals surface area contributed by atoms with Crippen LogP contribution in [0.15, 0.2) is 24.3 Å². The summed E-state index contributed by atoms with van der Waals surface area (Å²) in [5.74, 6) is 0.863. The lowest BCUT2D eigenvalue weighted by atomic mass is 9.83. The average molecular weight is 340 g/mol. The van der Waals surface area contributed by atoms with E-state index in [2.05, 4.69) is 43.5 Å². The molecule has 0 saturated carbocycles. The molecule has 124 valence electrons. The lowest BCUT2D eigenvalue weighted by Crippen LogP contribution is -2.46. The third-order valence-corrected chi connectivity index (χ3v) is 6.23. The summed E-state index contributed by atoms with van der Waals surface area (Å²) < 4.78 is 10.7. The Morgan fingerprint density at radius 1 is 1.25 bits per heavy atom. The first-order valence-corrected chi connectivity index (χ1v) is 9.32. The predicted molar refractivity (Wildman–Crippen MR) is 95.7 cm³/mol. The van der Waals surface area contributed by atoms with Crippen molar-refractivity contribution >= 4 is 27.6 Å². The normalized spacial score (nSPS) is 19.8. The number of rotatable bonds is 1. The number of para-hydroxylation sites is 1. The zero-order valence-electron chi connectivity index (χ0n) is 13.7. The first-order valence-electron chi connectivity index (χ1n) is 8.54. The standard InChI is InChI=1S/C18H20N4OS/c1-12-19-17(24-21-12)22-9-7-18(8-10-22)16-14(6-11-23-18)13-4-2-3-5-15(13)20-16/h2-5,20H,6-11H2,1H3. The summed E-state index contributed by atoms with van der Waals surface area (Å²) in [6.45, 7) is 4.69. The molecular weight excluding hydrogens is 320 g/mol. The first-order chi connectivity index (χ1) is 11.8. The van der Waals surface area contributed by atoms with Gasteiger partial charge < -0.3 is 14.6 Å². The van der Waals surface area contributed by atoms with Gasteiger partial charge in [-0.1, -0.05) is 18.2 Å². The van der Waals surface area contributed by atoms with E-state index in [0.717, 1.165) is 49.9 Å². The molecule has 0 amide bonds. The van der Waals surface area contributed by atoms with E-state index in [9.17, 15) is 0 Å². The van der Waals surface area contributed by atoms with Gasteiger partial charge in [0.05, 0.1) is 12.3 Å². The zero-order valence-corrected chi connectivity index (χ0v) is 14.5. The highest BCUT2D eigenvalue weighted by Crippen LogP contribution is 2.44. The number of anilines is 1. The number of aryl methyl sites for hydroxylation is 1. The van der Waals surface area contributed by atoms with Gasteiger partial charge in [0.15, 0.2) is 0 Å². The van der Waals surface area contributed by atoms with E-state index in [-0.39, 0.29) is 5.60 Å². The molecule has 3 aromatic rings. The van der Waals surface area contributed by atoms with Crippen molar-refractivity contribution in [1.29, 1.82) is 0 Å². The molecule has 2 aliphatic rings. The maximum Gasteiger partial charge on any atom is 0.205 e. The van der Waals surface area contributed by atoms with Gasteiger partial charge >= 0.3 is 0 Å². The van der Waals surface area contributed by atoms with Crippen LogP contribution in [0.1, 0.15) is 29.9 Å². The van der Waals surface area contributed by atoms with Gasteiger partial charge in [0, 0.05) is 35.5 Å². The van der Waals surface area contributed by atoms with Crippen molar-refractivity contribution in [2.24, 2.45) is 0 Å². The fraction of sp³-hybridized carbons (Fsp3) is 0.444. The first kappa shape index (κ1) is 14.4. The van der Waals surface area contributed by atoms with Gasteiger partial charge in [-0.3, -0.25) is 0 Å². The molecule has 1 saturated heterocycles. The third kappa shape index (κ3) is 2.09. The second kappa shape index (κ2) is 5.29. The number of benzene rings is 1. The van der Waals surface area contributed by atoms with Crippen LogP contribution in [0.3, 0.4) is 0 Å². The topological polar surface area (TPSA) is 54.0 Å². The van der Waals surface area contributed by atoms with Crippen LogP contribution in [0, 0.1) is 6.92 Å². The van der Waals surface area contributed by atoms with Crippen LogP contribution in [-0.4, -0.2) is 34.0 Å². The molecule has 0 radical (unpaired) electrons. The molecule has 1 fully saturated rings. The summed E-state index contributed by atoms with van der Waals surface area (Å²) in [4.78, 5) is 10.5. The summed E-state index contributed by atoms with van der Waals surface area (Å²) in [6, 6.07) is 8.61. The van der Waals surface area contributed by atoms with Gasteiger partial charge in [-0.25, -0.2) is 4.98 Å². The lowest BCUT2D eigenvalue weighted by molar-refractivity contribution is -0.0790. The summed E-state index contributed by atoms with van der Waals surface area (Å²) in [6.07, 6.45) is 2.98. The van der Waals surface area contributed by atoms with Crippen molar-refractivity contribution in [3.63, 3.8) is 0 Å². The van der Waals surface area contributed by atoms with Crippen LogP contribution in [0.2, 0.25) is 0 Å². The van der Waals surface area contributed by atoms with E-state index >= 15 is 0 Å². The Hall–Kier alpha value is -1.92. The van der Waals surface area contributed by atoms with Crippen LogP contribution >= 0.6 is 11.5 Å². The van der Waals surface area contributed by atoms with Crippen LogP contribution in [0.4, 0.5) is 5.13 Å². The number of piperidine rings is 1. The Bertz CT molecular complexity index is 891. The predicted octanol–water partition coefficient (Wildman–Crippen LogP) is 3.40. The number of hydrogen-bond acceptors (Lipinski definition) is 5. The van der Waals surface area contributed by atoms with Crippen molar-refractivity contribution in [3.05, 3.63) is 41.3 Å². The second-order valence-corrected chi connectivity index (χ2v) is 7.46. The quantitative estimate of drug-likeness (QED) is 0.738. The Labute approximate surface area is 144 Å². The zero-order chi connectivity index (χ0) is 16.1. The highest BCUT2D eigenvalue weighted by Gasteiger charge is 2.43. The average Bonchev–Trinajstić information content (AvgIpc) is 3.21. The molecular formula is C18H20N4OS. The highest BCUT2D eigenvalue weighted by atomic mass is 32.1. The van der Waals surface area contributed by atoms with Gasteiger partial charge in [-0.2, -0.15) is 4.37 Å². The minimum absolute atomic E-state index is 0.164. The summed E-state index contributed by atoms with van der Waals surface area (Å²) >= 11 is 1.50. The fourth-order valence-corrected chi connectivity index (χ4v) is 4.86. The molecule has 1 aromatic carbocycles. The highest BCUT2D eigenvalue weighted by molar-refractivity contribution is 7.09. The van der Waals surface area contributed by atoms with E-state index < -0.39 is 0 Å². The van der Waals surface area contributed by atoms with Gasteiger partial charge in [-0.05, 0) is 37.8 Å². The SMILES string of the molecule is Cc1nsc(N2CCC3(CC2)OCCc2c3[nH]c3ccccc23)n1. The van der Waals surface area contributed by atoms with E-state index in [0.29, 0.717) is 0 Å². The number of aromatic nitrogens is 3. The van der Waals surface area contributed by atoms with Crippen LogP contribution in [-0.2, 0) is 16.8 Å². The maximum absolute atomic E-state index is 6.36. The van der Waals surface area contributed by atoms with Gasteiger partial charge in [0.25, 0.3) is 0 Å². The number of nitrogens with zero attached hydrogens (tertiary/aromatic N) is 3. The maximum atomic E-state index is 6.36. The van der Waals surface area contributed by atoms with Crippen molar-refractivity contribution in [2.75, 3.05) is 24.6 Å². The second-order valence-electron chi connectivity index (χ2n) is 6.73. The Kier molecular flexibility index (Phi) is 3.18. The molecule has 0 bridgehead atoms. The Morgan fingerprint density at radius 2 is 2.08 bits per heavy atom. The van der Waals surface area contributed by atoms with E-state index in [1.807, 2.05) is 6.92 Å². The lowest BCUT2D eigenvalue weighted by Gasteiger charge is -2.43. The number of H-pyrrole nitrogens is 1. The van der Waals surface area contributed by atoms with Gasteiger partial charge in [0.1, 0.15) is 11.4 Å². The van der Waals surface area contributed by atoms with Crippen molar-refractivity contribution in [3.8, 4) is 0 Å². The third-order valence-electron chi connectivity index (χ3n) is 5.36. The molecule has 0 aliphatic carbocycles. The van der Waals surface area contributed by atoms with Crippen LogP contribution in [0.5, 0.6) is 0 Å². The largest absolute Gasteiger partial charge is 0.368 e. The van der Waals surface area contributed by atoms with Crippen molar-refractivity contribution < 1.29 is 4.74 Å². The molecule has 0 unspecified atom stereocenters. The van der Waals surface area contributed by atoms with Crippen molar-refractivity contribution in [2.45, 2.75) is 31.8 Å². The minimum atomic E-state index is -0.164. The molecule has 2 aliphatic heterocycles. The molecule has 1 N–H and O–H groups in total. The summed E-state index contributed by atoms with van der Waals surface area (Å²) in [5.41, 5.74) is 3.83. The van der Waals surface area contributed by atoms with E-state index in [1.54, 1.807) is 0 Å². The molecule has 4 heterocycles. The summed E-state index contributed by atoms with van der Waals surface area (Å²) in [5, 5.41) is 2.40. The molecule has 6 heteroatoms. The molecule has 5 nitrogen and oxygen atoms in total. The molecule has 2 aromatic heterocycles. The number of aromatic amines is 1. The number of hydrogen-bond donors (Lipinski definition) is 1. The van der Waals surface area contributed by atoms with E-state index in [1.165, 1.54) is 33.7 Å². The monoisotopic (exact) mass is 340 g/mol. The number of nitrogens with one attached hydrogen (secondary N) is 1. The van der Waals surface area contributed by atoms with Crippen molar-refractivity contribution in [1.82, 2.24) is 14.3 Å². The molecule has 0 atom stereocenters. The number of fused-ring (bicyclic) bond motifs is 4.